The molecular formula is C10H5BrF3NO3S. The van der Waals surface area contributed by atoms with Gasteiger partial charge in [0.15, 0.2) is 0 Å². The molecule has 2 rings (SSSR count). The van der Waals surface area contributed by atoms with Gasteiger partial charge in [0.1, 0.15) is 5.75 Å². The van der Waals surface area contributed by atoms with Crippen molar-refractivity contribution in [2.24, 2.45) is 0 Å². The van der Waals surface area contributed by atoms with Crippen LogP contribution >= 0.6 is 15.9 Å². The second-order valence-corrected chi connectivity index (χ2v) is 5.94. The normalized spacial score (nSPS) is 12.6. The minimum atomic E-state index is -5.66. The van der Waals surface area contributed by atoms with Gasteiger partial charge in [-0.1, -0.05) is 0 Å². The first-order valence-corrected chi connectivity index (χ1v) is 6.95. The number of rotatable bonds is 2. The third kappa shape index (κ3) is 2.98. The zero-order valence-electron chi connectivity index (χ0n) is 8.98. The quantitative estimate of drug-likeness (QED) is 0.613. The summed E-state index contributed by atoms with van der Waals surface area (Å²) in [5, 5.41) is 0.631. The Labute approximate surface area is 114 Å². The first-order chi connectivity index (χ1) is 8.69. The van der Waals surface area contributed by atoms with Crippen LogP contribution in [0.2, 0.25) is 0 Å². The number of hydrogen-bond donors (Lipinski definition) is 0. The van der Waals surface area contributed by atoms with Gasteiger partial charge in [0.2, 0.25) is 0 Å². The second kappa shape index (κ2) is 4.64. The molecule has 0 saturated carbocycles. The molecule has 0 atom stereocenters. The molecule has 0 bridgehead atoms. The van der Waals surface area contributed by atoms with E-state index in [-0.39, 0.29) is 0 Å². The molecule has 4 nitrogen and oxygen atoms in total. The Hall–Kier alpha value is -1.35. The van der Waals surface area contributed by atoms with E-state index in [0.29, 0.717) is 15.4 Å². The summed E-state index contributed by atoms with van der Waals surface area (Å²) in [6.07, 6.45) is 1.43. The standard InChI is InChI=1S/C10H5BrF3NO3S/c11-7-3-6-1-2-8(4-9(6)15-5-7)18-19(16,17)10(12,13)14/h1-5H. The van der Waals surface area contributed by atoms with Crippen LogP contribution in [0.25, 0.3) is 10.9 Å². The minimum absolute atomic E-state index is 0.318. The molecule has 102 valence electrons. The van der Waals surface area contributed by atoms with Crippen molar-refractivity contribution in [1.82, 2.24) is 4.98 Å². The van der Waals surface area contributed by atoms with Crippen LogP contribution in [0.5, 0.6) is 5.75 Å². The predicted molar refractivity (Wildman–Crippen MR) is 65.0 cm³/mol. The first-order valence-electron chi connectivity index (χ1n) is 4.75. The molecule has 0 fully saturated rings. The van der Waals surface area contributed by atoms with Crippen LogP contribution in [0.1, 0.15) is 0 Å². The van der Waals surface area contributed by atoms with Gasteiger partial charge in [-0.3, -0.25) is 4.98 Å². The summed E-state index contributed by atoms with van der Waals surface area (Å²) in [5.41, 5.74) is -5.15. The fourth-order valence-corrected chi connectivity index (χ4v) is 2.10. The number of nitrogens with zero attached hydrogens (tertiary/aromatic N) is 1. The summed E-state index contributed by atoms with van der Waals surface area (Å²) in [4.78, 5) is 3.93. The van der Waals surface area contributed by atoms with Crippen molar-refractivity contribution in [1.29, 1.82) is 0 Å². The van der Waals surface area contributed by atoms with E-state index in [0.717, 1.165) is 12.1 Å². The highest BCUT2D eigenvalue weighted by Crippen LogP contribution is 2.28. The van der Waals surface area contributed by atoms with E-state index in [9.17, 15) is 21.6 Å². The zero-order chi connectivity index (χ0) is 14.3. The predicted octanol–water partition coefficient (Wildman–Crippen LogP) is 3.23. The molecule has 0 radical (unpaired) electrons. The summed E-state index contributed by atoms with van der Waals surface area (Å²) < 4.78 is 62.8. The first kappa shape index (κ1) is 14.1. The molecule has 0 unspecified atom stereocenters. The molecule has 2 aromatic rings. The Kier molecular flexibility index (Phi) is 3.43. The lowest BCUT2D eigenvalue weighted by atomic mass is 10.2. The summed E-state index contributed by atoms with van der Waals surface area (Å²) in [5.74, 6) is -0.445. The topological polar surface area (TPSA) is 56.3 Å². The van der Waals surface area contributed by atoms with Crippen molar-refractivity contribution >= 4 is 37.0 Å². The Balaban J connectivity index is 2.40. The van der Waals surface area contributed by atoms with Crippen LogP contribution in [0.15, 0.2) is 34.9 Å². The Morgan fingerprint density at radius 1 is 1.21 bits per heavy atom. The smallest absolute Gasteiger partial charge is 0.376 e. The van der Waals surface area contributed by atoms with E-state index in [1.165, 1.54) is 12.3 Å². The summed E-state index contributed by atoms with van der Waals surface area (Å²) >= 11 is 3.19. The van der Waals surface area contributed by atoms with Gasteiger partial charge in [0.25, 0.3) is 0 Å². The van der Waals surface area contributed by atoms with Gasteiger partial charge in [-0.05, 0) is 34.1 Å². The van der Waals surface area contributed by atoms with Crippen LogP contribution in [0.3, 0.4) is 0 Å². The molecule has 9 heteroatoms. The van der Waals surface area contributed by atoms with Crippen LogP contribution in [0, 0.1) is 0 Å². The number of aromatic nitrogens is 1. The molecule has 0 saturated heterocycles. The van der Waals surface area contributed by atoms with Crippen LogP contribution in [-0.2, 0) is 10.1 Å². The molecule has 0 aliphatic rings. The number of halogens is 4. The van der Waals surface area contributed by atoms with Crippen molar-refractivity contribution in [3.8, 4) is 5.75 Å². The van der Waals surface area contributed by atoms with E-state index < -0.39 is 21.4 Å². The van der Waals surface area contributed by atoms with Gasteiger partial charge in [-0.25, -0.2) is 0 Å². The molecule has 0 amide bonds. The highest BCUT2D eigenvalue weighted by atomic mass is 79.9. The molecule has 1 aromatic carbocycles. The van der Waals surface area contributed by atoms with Gasteiger partial charge in [-0.2, -0.15) is 21.6 Å². The van der Waals surface area contributed by atoms with Gasteiger partial charge in [0.05, 0.1) is 5.52 Å². The lowest BCUT2D eigenvalue weighted by molar-refractivity contribution is -0.0500. The number of alkyl halides is 3. The number of hydrogen-bond acceptors (Lipinski definition) is 4. The Morgan fingerprint density at radius 2 is 1.89 bits per heavy atom. The maximum atomic E-state index is 12.2. The maximum absolute atomic E-state index is 12.2. The third-order valence-electron chi connectivity index (χ3n) is 2.11. The van der Waals surface area contributed by atoms with Gasteiger partial charge in [-0.15, -0.1) is 0 Å². The average Bonchev–Trinajstić information content (AvgIpc) is 2.27. The van der Waals surface area contributed by atoms with Crippen molar-refractivity contribution in [2.75, 3.05) is 0 Å². The lowest BCUT2D eigenvalue weighted by Crippen LogP contribution is -2.28. The molecular weight excluding hydrogens is 351 g/mol. The minimum Gasteiger partial charge on any atom is -0.376 e. The SMILES string of the molecule is O=S(=O)(Oc1ccc2cc(Br)cnc2c1)C(F)(F)F. The molecule has 0 N–H and O–H groups in total. The van der Waals surface area contributed by atoms with Crippen molar-refractivity contribution in [3.63, 3.8) is 0 Å². The van der Waals surface area contributed by atoms with Gasteiger partial charge < -0.3 is 4.18 Å². The zero-order valence-corrected chi connectivity index (χ0v) is 11.4. The fraction of sp³-hybridized carbons (Fsp3) is 0.100. The van der Waals surface area contributed by atoms with E-state index in [1.807, 2.05) is 0 Å². The van der Waals surface area contributed by atoms with Crippen molar-refractivity contribution in [2.45, 2.75) is 5.51 Å². The van der Waals surface area contributed by atoms with Gasteiger partial charge >= 0.3 is 15.6 Å². The number of benzene rings is 1. The highest BCUT2D eigenvalue weighted by Gasteiger charge is 2.48. The Morgan fingerprint density at radius 3 is 2.53 bits per heavy atom. The highest BCUT2D eigenvalue weighted by molar-refractivity contribution is 9.10. The van der Waals surface area contributed by atoms with E-state index in [2.05, 4.69) is 25.1 Å². The largest absolute Gasteiger partial charge is 0.534 e. The summed E-state index contributed by atoms with van der Waals surface area (Å²) in [6.45, 7) is 0. The number of pyridine rings is 1. The van der Waals surface area contributed by atoms with E-state index in [4.69, 9.17) is 0 Å². The molecule has 1 aromatic heterocycles. The fourth-order valence-electron chi connectivity index (χ4n) is 1.30. The third-order valence-corrected chi connectivity index (χ3v) is 3.52. The van der Waals surface area contributed by atoms with Gasteiger partial charge in [0, 0.05) is 22.1 Å². The molecule has 0 aliphatic carbocycles. The molecule has 0 spiro atoms. The maximum Gasteiger partial charge on any atom is 0.534 e. The Bertz CT molecular complexity index is 730. The molecule has 0 aliphatic heterocycles. The van der Waals surface area contributed by atoms with Crippen LogP contribution in [-0.4, -0.2) is 18.9 Å². The van der Waals surface area contributed by atoms with Crippen LogP contribution < -0.4 is 4.18 Å². The second-order valence-electron chi connectivity index (χ2n) is 3.49. The van der Waals surface area contributed by atoms with E-state index >= 15 is 0 Å². The van der Waals surface area contributed by atoms with Crippen molar-refractivity contribution in [3.05, 3.63) is 34.9 Å². The number of fused-ring (bicyclic) bond motifs is 1. The summed E-state index contributed by atoms with van der Waals surface area (Å²) in [6, 6.07) is 5.34. The summed E-state index contributed by atoms with van der Waals surface area (Å²) in [7, 11) is -5.66. The molecule has 19 heavy (non-hydrogen) atoms. The molecule has 1 heterocycles. The lowest BCUT2D eigenvalue weighted by Gasteiger charge is -2.09. The van der Waals surface area contributed by atoms with E-state index in [1.54, 1.807) is 6.07 Å². The van der Waals surface area contributed by atoms with Crippen molar-refractivity contribution < 1.29 is 25.8 Å². The average molecular weight is 356 g/mol. The van der Waals surface area contributed by atoms with Crippen LogP contribution in [0.4, 0.5) is 13.2 Å². The monoisotopic (exact) mass is 355 g/mol.